The van der Waals surface area contributed by atoms with Crippen molar-refractivity contribution < 1.29 is 4.39 Å². The molecule has 0 atom stereocenters. The first-order chi connectivity index (χ1) is 6.52. The Morgan fingerprint density at radius 1 is 1.36 bits per heavy atom. The van der Waals surface area contributed by atoms with E-state index in [0.717, 1.165) is 5.56 Å². The standard InChI is InChI=1S/C10H11FN2O/c1-6-4-8-10(14)12(3)7(2)9(11)13(8)5-6/h4-5H,1-3H3. The molecule has 0 amide bonds. The highest BCUT2D eigenvalue weighted by atomic mass is 19.1. The molecule has 0 aliphatic carbocycles. The summed E-state index contributed by atoms with van der Waals surface area (Å²) in [7, 11) is 1.57. The summed E-state index contributed by atoms with van der Waals surface area (Å²) in [6.45, 7) is 3.42. The quantitative estimate of drug-likeness (QED) is 0.622. The molecule has 0 unspecified atom stereocenters. The predicted octanol–water partition coefficient (Wildman–Crippen LogP) is 1.39. The topological polar surface area (TPSA) is 26.4 Å². The highest BCUT2D eigenvalue weighted by molar-refractivity contribution is 5.49. The van der Waals surface area contributed by atoms with Gasteiger partial charge in [-0.05, 0) is 25.5 Å². The van der Waals surface area contributed by atoms with Crippen molar-refractivity contribution in [2.75, 3.05) is 0 Å². The average Bonchev–Trinajstić information content (AvgIpc) is 2.54. The molecule has 0 aromatic carbocycles. The maximum absolute atomic E-state index is 13.7. The van der Waals surface area contributed by atoms with Gasteiger partial charge in [-0.1, -0.05) is 0 Å². The van der Waals surface area contributed by atoms with Crippen molar-refractivity contribution in [1.82, 2.24) is 8.97 Å². The van der Waals surface area contributed by atoms with Crippen molar-refractivity contribution in [2.45, 2.75) is 13.8 Å². The van der Waals surface area contributed by atoms with E-state index in [1.807, 2.05) is 6.92 Å². The summed E-state index contributed by atoms with van der Waals surface area (Å²) >= 11 is 0. The third kappa shape index (κ3) is 0.999. The van der Waals surface area contributed by atoms with Crippen molar-refractivity contribution in [1.29, 1.82) is 0 Å². The number of aromatic nitrogens is 2. The molecular weight excluding hydrogens is 183 g/mol. The summed E-state index contributed by atoms with van der Waals surface area (Å²) in [6, 6.07) is 1.69. The van der Waals surface area contributed by atoms with Gasteiger partial charge in [-0.2, -0.15) is 4.39 Å². The minimum absolute atomic E-state index is 0.169. The molecule has 0 aliphatic heterocycles. The number of aryl methyl sites for hydroxylation is 1. The van der Waals surface area contributed by atoms with Crippen LogP contribution in [0.5, 0.6) is 0 Å². The Hall–Kier alpha value is -1.58. The molecule has 0 radical (unpaired) electrons. The largest absolute Gasteiger partial charge is 0.310 e. The third-order valence-corrected chi connectivity index (χ3v) is 2.49. The smallest absolute Gasteiger partial charge is 0.274 e. The van der Waals surface area contributed by atoms with Crippen LogP contribution in [0.4, 0.5) is 4.39 Å². The van der Waals surface area contributed by atoms with Gasteiger partial charge in [-0.15, -0.1) is 0 Å². The zero-order valence-corrected chi connectivity index (χ0v) is 8.34. The lowest BCUT2D eigenvalue weighted by atomic mass is 10.4. The Bertz CT molecular complexity index is 565. The van der Waals surface area contributed by atoms with Crippen molar-refractivity contribution in [3.05, 3.63) is 39.8 Å². The van der Waals surface area contributed by atoms with Crippen LogP contribution in [0, 0.1) is 19.8 Å². The normalized spacial score (nSPS) is 11.1. The molecule has 4 heteroatoms. The van der Waals surface area contributed by atoms with Gasteiger partial charge < -0.3 is 4.57 Å². The number of hydrogen-bond donors (Lipinski definition) is 0. The van der Waals surface area contributed by atoms with Gasteiger partial charge >= 0.3 is 0 Å². The molecule has 2 heterocycles. The number of hydrogen-bond acceptors (Lipinski definition) is 1. The van der Waals surface area contributed by atoms with Crippen LogP contribution in [0.15, 0.2) is 17.1 Å². The Labute approximate surface area is 80.4 Å². The molecule has 0 aliphatic rings. The predicted molar refractivity (Wildman–Crippen MR) is 52.1 cm³/mol. The second-order valence-electron chi connectivity index (χ2n) is 3.51. The van der Waals surface area contributed by atoms with Gasteiger partial charge in [0, 0.05) is 13.2 Å². The summed E-state index contributed by atoms with van der Waals surface area (Å²) < 4.78 is 16.3. The maximum atomic E-state index is 13.7. The summed E-state index contributed by atoms with van der Waals surface area (Å²) in [5.74, 6) is -0.379. The fourth-order valence-electron chi connectivity index (χ4n) is 1.56. The molecule has 14 heavy (non-hydrogen) atoms. The van der Waals surface area contributed by atoms with Crippen LogP contribution in [-0.4, -0.2) is 8.97 Å². The molecule has 0 N–H and O–H groups in total. The van der Waals surface area contributed by atoms with Crippen LogP contribution in [0.1, 0.15) is 11.3 Å². The Balaban J connectivity index is 3.09. The Morgan fingerprint density at radius 3 is 2.64 bits per heavy atom. The van der Waals surface area contributed by atoms with Gasteiger partial charge in [0.2, 0.25) is 5.95 Å². The molecule has 0 saturated carbocycles. The molecule has 3 nitrogen and oxygen atoms in total. The van der Waals surface area contributed by atoms with E-state index >= 15 is 0 Å². The van der Waals surface area contributed by atoms with E-state index in [9.17, 15) is 9.18 Å². The van der Waals surface area contributed by atoms with E-state index in [2.05, 4.69) is 0 Å². The zero-order chi connectivity index (χ0) is 10.5. The number of fused-ring (bicyclic) bond motifs is 1. The molecule has 2 rings (SSSR count). The molecule has 2 aromatic rings. The Morgan fingerprint density at radius 2 is 2.00 bits per heavy atom. The van der Waals surface area contributed by atoms with E-state index in [1.54, 1.807) is 26.2 Å². The monoisotopic (exact) mass is 194 g/mol. The van der Waals surface area contributed by atoms with Crippen LogP contribution in [0.25, 0.3) is 5.52 Å². The second kappa shape index (κ2) is 2.70. The lowest BCUT2D eigenvalue weighted by molar-refractivity contribution is 0.531. The number of rotatable bonds is 0. The van der Waals surface area contributed by atoms with Crippen LogP contribution in [0.3, 0.4) is 0 Å². The van der Waals surface area contributed by atoms with E-state index in [1.165, 1.54) is 8.97 Å². The number of halogens is 1. The van der Waals surface area contributed by atoms with Crippen LogP contribution in [0.2, 0.25) is 0 Å². The lowest BCUT2D eigenvalue weighted by Gasteiger charge is -2.06. The van der Waals surface area contributed by atoms with E-state index in [0.29, 0.717) is 11.2 Å². The SMILES string of the molecule is Cc1cc2c(=O)n(C)c(C)c(F)n2c1. The van der Waals surface area contributed by atoms with E-state index in [-0.39, 0.29) is 11.5 Å². The van der Waals surface area contributed by atoms with Crippen molar-refractivity contribution >= 4 is 5.52 Å². The fourth-order valence-corrected chi connectivity index (χ4v) is 1.56. The van der Waals surface area contributed by atoms with Gasteiger partial charge in [0.25, 0.3) is 5.56 Å². The highest BCUT2D eigenvalue weighted by Crippen LogP contribution is 2.10. The van der Waals surface area contributed by atoms with Gasteiger partial charge in [0.1, 0.15) is 5.52 Å². The van der Waals surface area contributed by atoms with E-state index in [4.69, 9.17) is 0 Å². The minimum Gasteiger partial charge on any atom is -0.310 e. The summed E-state index contributed by atoms with van der Waals surface area (Å²) in [5.41, 5.74) is 1.44. The summed E-state index contributed by atoms with van der Waals surface area (Å²) in [6.07, 6.45) is 1.62. The first kappa shape index (κ1) is 8.99. The molecule has 2 aromatic heterocycles. The van der Waals surface area contributed by atoms with Crippen LogP contribution in [-0.2, 0) is 7.05 Å². The third-order valence-electron chi connectivity index (χ3n) is 2.49. The average molecular weight is 194 g/mol. The second-order valence-corrected chi connectivity index (χ2v) is 3.51. The molecule has 0 saturated heterocycles. The van der Waals surface area contributed by atoms with Gasteiger partial charge in [0.15, 0.2) is 0 Å². The molecular formula is C10H11FN2O. The maximum Gasteiger partial charge on any atom is 0.274 e. The van der Waals surface area contributed by atoms with Gasteiger partial charge in [0.05, 0.1) is 5.69 Å². The van der Waals surface area contributed by atoms with E-state index < -0.39 is 0 Å². The fraction of sp³-hybridized carbons (Fsp3) is 0.300. The molecule has 74 valence electrons. The van der Waals surface area contributed by atoms with Crippen LogP contribution < -0.4 is 5.56 Å². The zero-order valence-electron chi connectivity index (χ0n) is 8.34. The molecule has 0 bridgehead atoms. The number of nitrogens with zero attached hydrogens (tertiary/aromatic N) is 2. The lowest BCUT2D eigenvalue weighted by Crippen LogP contribution is -2.23. The molecule has 0 fully saturated rings. The first-order valence-electron chi connectivity index (χ1n) is 4.36. The minimum atomic E-state index is -0.379. The summed E-state index contributed by atoms with van der Waals surface area (Å²) in [4.78, 5) is 11.7. The van der Waals surface area contributed by atoms with Crippen molar-refractivity contribution in [3.8, 4) is 0 Å². The van der Waals surface area contributed by atoms with Crippen molar-refractivity contribution in [3.63, 3.8) is 0 Å². The summed E-state index contributed by atoms with van der Waals surface area (Å²) in [5, 5.41) is 0. The first-order valence-corrected chi connectivity index (χ1v) is 4.36. The van der Waals surface area contributed by atoms with Crippen LogP contribution >= 0.6 is 0 Å². The highest BCUT2D eigenvalue weighted by Gasteiger charge is 2.11. The van der Waals surface area contributed by atoms with Crippen molar-refractivity contribution in [2.24, 2.45) is 7.05 Å². The van der Waals surface area contributed by atoms with Gasteiger partial charge in [-0.25, -0.2) is 0 Å². The molecule has 0 spiro atoms. The van der Waals surface area contributed by atoms with Gasteiger partial charge in [-0.3, -0.25) is 9.20 Å². The Kier molecular flexibility index (Phi) is 1.74.